The molecule has 29 heavy (non-hydrogen) atoms. The van der Waals surface area contributed by atoms with Gasteiger partial charge in [-0.05, 0) is 42.3 Å². The van der Waals surface area contributed by atoms with Crippen LogP contribution in [0.25, 0.3) is 11.3 Å². The predicted octanol–water partition coefficient (Wildman–Crippen LogP) is 3.63. The van der Waals surface area contributed by atoms with Gasteiger partial charge in [0.05, 0.1) is 23.7 Å². The van der Waals surface area contributed by atoms with E-state index in [-0.39, 0.29) is 5.91 Å². The van der Waals surface area contributed by atoms with E-state index in [4.69, 9.17) is 10.5 Å². The number of nitrogens with two attached hydrogens (primary N) is 1. The van der Waals surface area contributed by atoms with Gasteiger partial charge < -0.3 is 21.1 Å². The van der Waals surface area contributed by atoms with Crippen LogP contribution in [0.5, 0.6) is 0 Å². The van der Waals surface area contributed by atoms with Crippen LogP contribution in [0.3, 0.4) is 0 Å². The highest BCUT2D eigenvalue weighted by Crippen LogP contribution is 2.23. The molecule has 0 aliphatic rings. The Morgan fingerprint density at radius 2 is 1.90 bits per heavy atom. The Labute approximate surface area is 171 Å². The Bertz CT molecular complexity index is 971. The summed E-state index contributed by atoms with van der Waals surface area (Å²) in [5.74, 6) is -0.198. The second-order valence-electron chi connectivity index (χ2n) is 6.80. The van der Waals surface area contributed by atoms with Crippen LogP contribution in [-0.2, 0) is 11.3 Å². The van der Waals surface area contributed by atoms with Crippen molar-refractivity contribution in [2.45, 2.75) is 13.5 Å². The first kappa shape index (κ1) is 20.5. The molecule has 1 aromatic heterocycles. The molecule has 2 aromatic carbocycles. The average molecular weight is 390 g/mol. The van der Waals surface area contributed by atoms with Crippen LogP contribution < -0.4 is 16.4 Å². The van der Waals surface area contributed by atoms with E-state index in [0.717, 1.165) is 35.5 Å². The fourth-order valence-electron chi connectivity index (χ4n) is 3.02. The maximum Gasteiger partial charge on any atom is 0.255 e. The van der Waals surface area contributed by atoms with Gasteiger partial charge in [-0.15, -0.1) is 0 Å². The first-order chi connectivity index (χ1) is 14.1. The Hall–Kier alpha value is -3.22. The third-order valence-electron chi connectivity index (χ3n) is 4.58. The van der Waals surface area contributed by atoms with E-state index in [9.17, 15) is 4.79 Å². The van der Waals surface area contributed by atoms with Gasteiger partial charge in [0.15, 0.2) is 0 Å². The molecule has 0 saturated heterocycles. The zero-order valence-corrected chi connectivity index (χ0v) is 16.7. The number of aromatic nitrogens is 1. The lowest BCUT2D eigenvalue weighted by molar-refractivity contribution is 0.102. The highest BCUT2D eigenvalue weighted by molar-refractivity contribution is 6.05. The lowest BCUT2D eigenvalue weighted by atomic mass is 10.0. The maximum absolute atomic E-state index is 12.5. The number of benzene rings is 2. The van der Waals surface area contributed by atoms with Gasteiger partial charge >= 0.3 is 0 Å². The number of aryl methyl sites for hydroxylation is 1. The van der Waals surface area contributed by atoms with Crippen LogP contribution in [-0.4, -0.2) is 31.2 Å². The third kappa shape index (κ3) is 5.40. The van der Waals surface area contributed by atoms with Crippen LogP contribution in [0, 0.1) is 6.92 Å². The predicted molar refractivity (Wildman–Crippen MR) is 117 cm³/mol. The molecule has 3 rings (SSSR count). The molecular weight excluding hydrogens is 364 g/mol. The van der Waals surface area contributed by atoms with Gasteiger partial charge in [-0.2, -0.15) is 0 Å². The Kier molecular flexibility index (Phi) is 6.94. The van der Waals surface area contributed by atoms with E-state index in [1.165, 1.54) is 0 Å². The van der Waals surface area contributed by atoms with Crippen LogP contribution in [0.15, 0.2) is 60.8 Å². The van der Waals surface area contributed by atoms with Crippen molar-refractivity contribution in [3.8, 4) is 11.3 Å². The summed E-state index contributed by atoms with van der Waals surface area (Å²) in [7, 11) is 1.69. The summed E-state index contributed by atoms with van der Waals surface area (Å²) in [6.45, 7) is 4.27. The minimum Gasteiger partial charge on any atom is -0.397 e. The normalized spacial score (nSPS) is 10.7. The van der Waals surface area contributed by atoms with E-state index in [1.807, 2.05) is 37.4 Å². The number of ether oxygens (including phenoxy) is 1. The number of nitrogens with one attached hydrogen (secondary N) is 2. The molecule has 0 unspecified atom stereocenters. The fourth-order valence-corrected chi connectivity index (χ4v) is 3.02. The van der Waals surface area contributed by atoms with Crippen molar-refractivity contribution in [1.29, 1.82) is 0 Å². The zero-order valence-electron chi connectivity index (χ0n) is 16.7. The monoisotopic (exact) mass is 390 g/mol. The van der Waals surface area contributed by atoms with Crippen molar-refractivity contribution in [3.63, 3.8) is 0 Å². The minimum absolute atomic E-state index is 0.198. The lowest BCUT2D eigenvalue weighted by Gasteiger charge is -2.10. The second-order valence-corrected chi connectivity index (χ2v) is 6.80. The van der Waals surface area contributed by atoms with Crippen molar-refractivity contribution in [1.82, 2.24) is 10.3 Å². The summed E-state index contributed by atoms with van der Waals surface area (Å²) in [6.07, 6.45) is 1.88. The lowest BCUT2D eigenvalue weighted by Crippen LogP contribution is -2.18. The molecule has 0 spiro atoms. The summed E-state index contributed by atoms with van der Waals surface area (Å²) in [4.78, 5) is 17.1. The standard InChI is InChI=1S/C23H26N4O2/c1-16-13-17(14-25-11-12-29-2)15-26-22(16)18-7-9-19(10-8-18)23(28)27-21-6-4-3-5-20(21)24/h3-10,13,15,25H,11-12,14,24H2,1-2H3,(H,27,28). The summed E-state index contributed by atoms with van der Waals surface area (Å²) >= 11 is 0. The molecule has 0 saturated carbocycles. The molecule has 4 N–H and O–H groups in total. The number of carbonyl (C=O) groups is 1. The fraction of sp³-hybridized carbons (Fsp3) is 0.217. The minimum atomic E-state index is -0.198. The summed E-state index contributed by atoms with van der Waals surface area (Å²) < 4.78 is 5.03. The summed E-state index contributed by atoms with van der Waals surface area (Å²) in [5.41, 5.74) is 11.7. The quantitative estimate of drug-likeness (QED) is 0.404. The van der Waals surface area contributed by atoms with Gasteiger partial charge in [0.2, 0.25) is 0 Å². The van der Waals surface area contributed by atoms with Gasteiger partial charge in [-0.3, -0.25) is 9.78 Å². The van der Waals surface area contributed by atoms with Crippen molar-refractivity contribution in [2.75, 3.05) is 31.3 Å². The Morgan fingerprint density at radius 3 is 2.59 bits per heavy atom. The molecule has 0 fully saturated rings. The van der Waals surface area contributed by atoms with Crippen LogP contribution >= 0.6 is 0 Å². The van der Waals surface area contributed by atoms with E-state index >= 15 is 0 Å². The number of para-hydroxylation sites is 2. The third-order valence-corrected chi connectivity index (χ3v) is 4.58. The number of pyridine rings is 1. The van der Waals surface area contributed by atoms with E-state index < -0.39 is 0 Å². The number of nitrogens with zero attached hydrogens (tertiary/aromatic N) is 1. The molecule has 0 aliphatic heterocycles. The molecule has 0 atom stereocenters. The van der Waals surface area contributed by atoms with Gasteiger partial charge in [0, 0.05) is 37.5 Å². The molecule has 1 amide bonds. The van der Waals surface area contributed by atoms with Gasteiger partial charge in [0.1, 0.15) is 0 Å². The average Bonchev–Trinajstić information content (AvgIpc) is 2.73. The van der Waals surface area contributed by atoms with Gasteiger partial charge in [-0.25, -0.2) is 0 Å². The molecule has 3 aromatic rings. The van der Waals surface area contributed by atoms with Gasteiger partial charge in [0.25, 0.3) is 5.91 Å². The van der Waals surface area contributed by atoms with Crippen LogP contribution in [0.4, 0.5) is 11.4 Å². The molecule has 150 valence electrons. The number of anilines is 2. The number of nitrogen functional groups attached to an aromatic ring is 1. The van der Waals surface area contributed by atoms with Crippen molar-refractivity contribution < 1.29 is 9.53 Å². The van der Waals surface area contributed by atoms with E-state index in [0.29, 0.717) is 23.5 Å². The molecule has 0 bridgehead atoms. The van der Waals surface area contributed by atoms with E-state index in [2.05, 4.69) is 21.7 Å². The van der Waals surface area contributed by atoms with Crippen LogP contribution in [0.2, 0.25) is 0 Å². The topological polar surface area (TPSA) is 89.3 Å². The zero-order chi connectivity index (χ0) is 20.6. The molecule has 6 heteroatoms. The molecule has 0 radical (unpaired) electrons. The number of rotatable bonds is 8. The van der Waals surface area contributed by atoms with Crippen molar-refractivity contribution >= 4 is 17.3 Å². The van der Waals surface area contributed by atoms with Gasteiger partial charge in [-0.1, -0.05) is 30.3 Å². The molecule has 1 heterocycles. The molecule has 0 aliphatic carbocycles. The number of hydrogen-bond donors (Lipinski definition) is 3. The second kappa shape index (κ2) is 9.82. The SMILES string of the molecule is COCCNCc1cnc(-c2ccc(C(=O)Nc3ccccc3N)cc2)c(C)c1. The highest BCUT2D eigenvalue weighted by atomic mass is 16.5. The van der Waals surface area contributed by atoms with Crippen molar-refractivity contribution in [2.24, 2.45) is 0 Å². The maximum atomic E-state index is 12.5. The number of amides is 1. The summed E-state index contributed by atoms with van der Waals surface area (Å²) in [6, 6.07) is 16.7. The first-order valence-electron chi connectivity index (χ1n) is 9.50. The smallest absolute Gasteiger partial charge is 0.255 e. The number of carbonyl (C=O) groups excluding carboxylic acids is 1. The molecule has 6 nitrogen and oxygen atoms in total. The summed E-state index contributed by atoms with van der Waals surface area (Å²) in [5, 5.41) is 6.15. The number of methoxy groups -OCH3 is 1. The highest BCUT2D eigenvalue weighted by Gasteiger charge is 2.10. The van der Waals surface area contributed by atoms with Crippen molar-refractivity contribution in [3.05, 3.63) is 77.5 Å². The Balaban J connectivity index is 1.68. The van der Waals surface area contributed by atoms with E-state index in [1.54, 1.807) is 31.4 Å². The molecular formula is C23H26N4O2. The van der Waals surface area contributed by atoms with Crippen LogP contribution in [0.1, 0.15) is 21.5 Å². The number of hydrogen-bond acceptors (Lipinski definition) is 5. The largest absolute Gasteiger partial charge is 0.397 e. The Morgan fingerprint density at radius 1 is 1.14 bits per heavy atom. The first-order valence-corrected chi connectivity index (χ1v) is 9.50.